The molecule has 28 heavy (non-hydrogen) atoms. The van der Waals surface area contributed by atoms with E-state index in [0.29, 0.717) is 11.3 Å². The average molecular weight is 387 g/mol. The third kappa shape index (κ3) is 5.70. The van der Waals surface area contributed by atoms with Crippen molar-refractivity contribution >= 4 is 29.4 Å². The van der Waals surface area contributed by atoms with Crippen LogP contribution < -0.4 is 16.4 Å². The lowest BCUT2D eigenvalue weighted by Crippen LogP contribution is -2.45. The quantitative estimate of drug-likeness (QED) is 0.583. The summed E-state index contributed by atoms with van der Waals surface area (Å²) >= 11 is 0. The first-order valence-corrected chi connectivity index (χ1v) is 8.48. The number of furan rings is 1. The zero-order valence-electron chi connectivity index (χ0n) is 15.4. The van der Waals surface area contributed by atoms with Crippen LogP contribution in [0.4, 0.5) is 5.69 Å². The van der Waals surface area contributed by atoms with Crippen molar-refractivity contribution in [2.75, 3.05) is 11.9 Å². The van der Waals surface area contributed by atoms with Gasteiger partial charge in [0.25, 0.3) is 11.8 Å². The lowest BCUT2D eigenvalue weighted by atomic mass is 10.0. The van der Waals surface area contributed by atoms with Crippen LogP contribution in [-0.2, 0) is 14.3 Å². The molecular weight excluding hydrogens is 366 g/mol. The van der Waals surface area contributed by atoms with Gasteiger partial charge in [-0.25, -0.2) is 4.79 Å². The van der Waals surface area contributed by atoms with Crippen LogP contribution in [0.5, 0.6) is 0 Å². The van der Waals surface area contributed by atoms with Crippen LogP contribution in [0.15, 0.2) is 47.1 Å². The van der Waals surface area contributed by atoms with E-state index in [1.54, 1.807) is 19.9 Å². The first-order valence-electron chi connectivity index (χ1n) is 8.48. The molecule has 1 aromatic carbocycles. The molecule has 1 atom stereocenters. The van der Waals surface area contributed by atoms with Gasteiger partial charge in [-0.1, -0.05) is 13.8 Å². The summed E-state index contributed by atoms with van der Waals surface area (Å²) in [5, 5.41) is 5.05. The van der Waals surface area contributed by atoms with Gasteiger partial charge < -0.3 is 25.5 Å². The minimum atomic E-state index is -0.944. The van der Waals surface area contributed by atoms with Crippen LogP contribution in [-0.4, -0.2) is 36.3 Å². The van der Waals surface area contributed by atoms with Crippen molar-refractivity contribution in [1.82, 2.24) is 5.32 Å². The molecule has 0 spiro atoms. The number of primary amides is 1. The fraction of sp³-hybridized carbons (Fsp3) is 0.263. The Morgan fingerprint density at radius 3 is 2.32 bits per heavy atom. The first-order chi connectivity index (χ1) is 13.3. The molecule has 0 unspecified atom stereocenters. The second kappa shape index (κ2) is 9.36. The van der Waals surface area contributed by atoms with E-state index < -0.39 is 36.3 Å². The molecule has 9 nitrogen and oxygen atoms in total. The van der Waals surface area contributed by atoms with Crippen molar-refractivity contribution < 1.29 is 28.3 Å². The van der Waals surface area contributed by atoms with E-state index in [1.165, 1.54) is 36.6 Å². The highest BCUT2D eigenvalue weighted by Crippen LogP contribution is 2.10. The predicted molar refractivity (Wildman–Crippen MR) is 99.3 cm³/mol. The lowest BCUT2D eigenvalue weighted by molar-refractivity contribution is -0.150. The van der Waals surface area contributed by atoms with Crippen LogP contribution in [0, 0.1) is 5.92 Å². The highest BCUT2D eigenvalue weighted by atomic mass is 16.5. The molecular formula is C19H21N3O6. The summed E-state index contributed by atoms with van der Waals surface area (Å²) in [6, 6.07) is 8.00. The summed E-state index contributed by atoms with van der Waals surface area (Å²) in [5.74, 6) is -2.65. The van der Waals surface area contributed by atoms with E-state index in [2.05, 4.69) is 10.6 Å². The molecule has 0 saturated carbocycles. The van der Waals surface area contributed by atoms with Crippen molar-refractivity contribution in [3.05, 3.63) is 54.0 Å². The summed E-state index contributed by atoms with van der Waals surface area (Å²) in [7, 11) is 0. The largest absolute Gasteiger partial charge is 0.459 e. The molecule has 0 aliphatic rings. The highest BCUT2D eigenvalue weighted by Gasteiger charge is 2.27. The summed E-state index contributed by atoms with van der Waals surface area (Å²) in [6.45, 7) is 2.93. The Labute approximate surface area is 161 Å². The minimum Gasteiger partial charge on any atom is -0.459 e. The molecule has 9 heteroatoms. The Morgan fingerprint density at radius 1 is 1.11 bits per heavy atom. The number of carbonyl (C=O) groups excluding carboxylic acids is 4. The molecule has 0 bridgehead atoms. The number of esters is 1. The van der Waals surface area contributed by atoms with Crippen LogP contribution in [0.2, 0.25) is 0 Å². The maximum atomic E-state index is 12.3. The number of hydrogen-bond acceptors (Lipinski definition) is 6. The molecule has 1 aromatic heterocycles. The molecule has 148 valence electrons. The SMILES string of the molecule is CC(C)[C@H](NC(=O)c1ccco1)C(=O)OCC(=O)Nc1ccc(C(N)=O)cc1. The van der Waals surface area contributed by atoms with Crippen LogP contribution in [0.3, 0.4) is 0 Å². The Hall–Kier alpha value is -3.62. The van der Waals surface area contributed by atoms with E-state index in [9.17, 15) is 19.2 Å². The van der Waals surface area contributed by atoms with E-state index >= 15 is 0 Å². The van der Waals surface area contributed by atoms with E-state index in [0.717, 1.165) is 0 Å². The van der Waals surface area contributed by atoms with Crippen LogP contribution in [0.25, 0.3) is 0 Å². The van der Waals surface area contributed by atoms with Gasteiger partial charge in [-0.05, 0) is 42.3 Å². The second-order valence-electron chi connectivity index (χ2n) is 6.27. The van der Waals surface area contributed by atoms with Gasteiger partial charge in [0.05, 0.1) is 6.26 Å². The van der Waals surface area contributed by atoms with Crippen molar-refractivity contribution in [3.8, 4) is 0 Å². The maximum absolute atomic E-state index is 12.3. The topological polar surface area (TPSA) is 141 Å². The Balaban J connectivity index is 1.88. The summed E-state index contributed by atoms with van der Waals surface area (Å²) in [4.78, 5) is 47.3. The fourth-order valence-corrected chi connectivity index (χ4v) is 2.26. The zero-order valence-corrected chi connectivity index (χ0v) is 15.4. The number of ether oxygens (including phenoxy) is 1. The number of amides is 3. The number of rotatable bonds is 8. The summed E-state index contributed by atoms with van der Waals surface area (Å²) < 4.78 is 10.00. The molecule has 2 aromatic rings. The molecule has 0 fully saturated rings. The number of anilines is 1. The van der Waals surface area contributed by atoms with Gasteiger partial charge in [-0.3, -0.25) is 14.4 Å². The van der Waals surface area contributed by atoms with Gasteiger partial charge in [0.2, 0.25) is 5.91 Å². The Kier molecular flexibility index (Phi) is 6.91. The molecule has 0 radical (unpaired) electrons. The van der Waals surface area contributed by atoms with Crippen molar-refractivity contribution in [3.63, 3.8) is 0 Å². The molecule has 3 amide bonds. The smallest absolute Gasteiger partial charge is 0.329 e. The van der Waals surface area contributed by atoms with Crippen LogP contribution in [0.1, 0.15) is 34.8 Å². The standard InChI is InChI=1S/C19H21N3O6/c1-11(2)16(22-18(25)14-4-3-9-27-14)19(26)28-10-15(23)21-13-7-5-12(6-8-13)17(20)24/h3-9,11,16H,10H2,1-2H3,(H2,20,24)(H,21,23)(H,22,25)/t16-/m0/s1. The number of hydrogen-bond donors (Lipinski definition) is 3. The van der Waals surface area contributed by atoms with Gasteiger partial charge in [0.1, 0.15) is 6.04 Å². The third-order valence-electron chi connectivity index (χ3n) is 3.75. The van der Waals surface area contributed by atoms with E-state index in [1.807, 2.05) is 0 Å². The predicted octanol–water partition coefficient (Wildman–Crippen LogP) is 1.31. The first kappa shape index (κ1) is 20.7. The molecule has 1 heterocycles. The summed E-state index contributed by atoms with van der Waals surface area (Å²) in [6.07, 6.45) is 1.35. The lowest BCUT2D eigenvalue weighted by Gasteiger charge is -2.20. The van der Waals surface area contributed by atoms with Gasteiger partial charge >= 0.3 is 5.97 Å². The normalized spacial score (nSPS) is 11.5. The minimum absolute atomic E-state index is 0.0654. The van der Waals surface area contributed by atoms with Gasteiger partial charge in [-0.2, -0.15) is 0 Å². The van der Waals surface area contributed by atoms with Crippen molar-refractivity contribution in [2.24, 2.45) is 11.7 Å². The van der Waals surface area contributed by atoms with E-state index in [4.69, 9.17) is 14.9 Å². The number of benzene rings is 1. The maximum Gasteiger partial charge on any atom is 0.329 e. The average Bonchev–Trinajstić information content (AvgIpc) is 3.19. The fourth-order valence-electron chi connectivity index (χ4n) is 2.26. The highest BCUT2D eigenvalue weighted by molar-refractivity contribution is 5.97. The molecule has 2 rings (SSSR count). The zero-order chi connectivity index (χ0) is 20.7. The Morgan fingerprint density at radius 2 is 1.79 bits per heavy atom. The number of carbonyl (C=O) groups is 4. The van der Waals surface area contributed by atoms with Crippen LogP contribution >= 0.6 is 0 Å². The molecule has 0 aliphatic heterocycles. The van der Waals surface area contributed by atoms with Crippen molar-refractivity contribution in [1.29, 1.82) is 0 Å². The number of nitrogens with two attached hydrogens (primary N) is 1. The van der Waals surface area contributed by atoms with Gasteiger partial charge in [0, 0.05) is 11.3 Å². The van der Waals surface area contributed by atoms with E-state index in [-0.39, 0.29) is 11.7 Å². The number of nitrogens with one attached hydrogen (secondary N) is 2. The third-order valence-corrected chi connectivity index (χ3v) is 3.75. The summed E-state index contributed by atoms with van der Waals surface area (Å²) in [5.41, 5.74) is 5.86. The second-order valence-corrected chi connectivity index (χ2v) is 6.27. The monoisotopic (exact) mass is 387 g/mol. The van der Waals surface area contributed by atoms with Gasteiger partial charge in [0.15, 0.2) is 12.4 Å². The molecule has 0 aliphatic carbocycles. The van der Waals surface area contributed by atoms with Gasteiger partial charge in [-0.15, -0.1) is 0 Å². The van der Waals surface area contributed by atoms with Crippen molar-refractivity contribution in [2.45, 2.75) is 19.9 Å². The molecule has 4 N–H and O–H groups in total. The molecule has 0 saturated heterocycles. The Bertz CT molecular complexity index is 843.